The summed E-state index contributed by atoms with van der Waals surface area (Å²) in [5.41, 5.74) is 2.72. The minimum atomic E-state index is -0.227. The van der Waals surface area contributed by atoms with Gasteiger partial charge in [-0.3, -0.25) is 9.59 Å². The average Bonchev–Trinajstić information content (AvgIpc) is 2.46. The summed E-state index contributed by atoms with van der Waals surface area (Å²) < 4.78 is 0. The Kier molecular flexibility index (Phi) is 4.08. The van der Waals surface area contributed by atoms with Crippen LogP contribution in [0, 0.1) is 0 Å². The molecule has 0 aliphatic rings. The zero-order chi connectivity index (χ0) is 13.7. The quantitative estimate of drug-likeness (QED) is 0.910. The van der Waals surface area contributed by atoms with Crippen molar-refractivity contribution in [2.75, 3.05) is 6.54 Å². The Balaban J connectivity index is 2.10. The maximum Gasteiger partial charge on any atom is 0.251 e. The van der Waals surface area contributed by atoms with E-state index >= 15 is 0 Å². The monoisotopic (exact) mass is 253 g/mol. The molecule has 0 saturated carbocycles. The van der Waals surface area contributed by atoms with Crippen molar-refractivity contribution in [3.8, 4) is 11.1 Å². The Bertz CT molecular complexity index is 573. The van der Waals surface area contributed by atoms with E-state index in [1.807, 2.05) is 42.5 Å². The summed E-state index contributed by atoms with van der Waals surface area (Å²) >= 11 is 0. The van der Waals surface area contributed by atoms with E-state index in [0.29, 0.717) is 5.56 Å². The van der Waals surface area contributed by atoms with Crippen LogP contribution in [-0.2, 0) is 4.79 Å². The molecular formula is C16H15NO2. The minimum Gasteiger partial charge on any atom is -0.345 e. The van der Waals surface area contributed by atoms with E-state index in [9.17, 15) is 9.59 Å². The van der Waals surface area contributed by atoms with Crippen LogP contribution in [0.15, 0.2) is 54.6 Å². The molecule has 3 nitrogen and oxygen atoms in total. The van der Waals surface area contributed by atoms with Crippen molar-refractivity contribution >= 4 is 11.7 Å². The predicted molar refractivity (Wildman–Crippen MR) is 74.9 cm³/mol. The molecule has 0 aliphatic heterocycles. The fourth-order valence-electron chi connectivity index (χ4n) is 1.75. The van der Waals surface area contributed by atoms with Gasteiger partial charge in [-0.25, -0.2) is 0 Å². The third-order valence-corrected chi connectivity index (χ3v) is 2.75. The normalized spacial score (nSPS) is 9.95. The molecule has 0 aromatic heterocycles. The maximum absolute atomic E-state index is 11.7. The van der Waals surface area contributed by atoms with E-state index in [1.165, 1.54) is 6.92 Å². The lowest BCUT2D eigenvalue weighted by atomic mass is 10.0. The van der Waals surface area contributed by atoms with Crippen LogP contribution in [0.1, 0.15) is 17.3 Å². The van der Waals surface area contributed by atoms with Gasteiger partial charge in [-0.1, -0.05) is 42.5 Å². The number of benzene rings is 2. The van der Waals surface area contributed by atoms with E-state index in [1.54, 1.807) is 12.1 Å². The van der Waals surface area contributed by atoms with Crippen LogP contribution in [0.4, 0.5) is 0 Å². The Hall–Kier alpha value is -2.42. The molecule has 0 atom stereocenters. The molecule has 2 aromatic rings. The number of amides is 1. The zero-order valence-corrected chi connectivity index (χ0v) is 10.7. The second kappa shape index (κ2) is 5.96. The Labute approximate surface area is 112 Å². The molecule has 3 heteroatoms. The van der Waals surface area contributed by atoms with Gasteiger partial charge in [0.25, 0.3) is 5.91 Å². The molecule has 0 spiro atoms. The number of hydrogen-bond donors (Lipinski definition) is 1. The average molecular weight is 253 g/mol. The summed E-state index contributed by atoms with van der Waals surface area (Å²) in [7, 11) is 0. The summed E-state index contributed by atoms with van der Waals surface area (Å²) in [6.45, 7) is 1.51. The molecule has 0 heterocycles. The number of carbonyl (C=O) groups is 2. The highest BCUT2D eigenvalue weighted by atomic mass is 16.2. The van der Waals surface area contributed by atoms with Crippen molar-refractivity contribution in [2.24, 2.45) is 0 Å². The highest BCUT2D eigenvalue weighted by Gasteiger charge is 2.06. The van der Waals surface area contributed by atoms with E-state index < -0.39 is 0 Å². The largest absolute Gasteiger partial charge is 0.345 e. The SMILES string of the molecule is CC(=O)CNC(=O)c1ccc(-c2ccccc2)cc1. The third-order valence-electron chi connectivity index (χ3n) is 2.75. The third kappa shape index (κ3) is 3.52. The molecule has 2 rings (SSSR count). The summed E-state index contributed by atoms with van der Waals surface area (Å²) in [6, 6.07) is 17.3. The van der Waals surface area contributed by atoms with Gasteiger partial charge in [0.05, 0.1) is 6.54 Å². The molecule has 0 unspecified atom stereocenters. The predicted octanol–water partition coefficient (Wildman–Crippen LogP) is 2.67. The van der Waals surface area contributed by atoms with Gasteiger partial charge in [-0.05, 0) is 30.2 Å². The van der Waals surface area contributed by atoms with Crippen LogP contribution in [-0.4, -0.2) is 18.2 Å². The first-order valence-corrected chi connectivity index (χ1v) is 6.10. The highest BCUT2D eigenvalue weighted by molar-refractivity contribution is 5.96. The first-order valence-electron chi connectivity index (χ1n) is 6.10. The van der Waals surface area contributed by atoms with E-state index in [2.05, 4.69) is 5.32 Å². The van der Waals surface area contributed by atoms with Crippen LogP contribution >= 0.6 is 0 Å². The van der Waals surface area contributed by atoms with E-state index in [-0.39, 0.29) is 18.2 Å². The van der Waals surface area contributed by atoms with Gasteiger partial charge in [0.2, 0.25) is 0 Å². The first-order chi connectivity index (χ1) is 9.16. The summed E-state index contributed by atoms with van der Waals surface area (Å²) in [6.07, 6.45) is 0. The fraction of sp³-hybridized carbons (Fsp3) is 0.125. The lowest BCUT2D eigenvalue weighted by Gasteiger charge is -2.05. The van der Waals surface area contributed by atoms with Gasteiger partial charge >= 0.3 is 0 Å². The molecule has 0 bridgehead atoms. The van der Waals surface area contributed by atoms with Crippen molar-refractivity contribution in [3.63, 3.8) is 0 Å². The number of Topliss-reactive ketones (excluding diaryl/α,β-unsaturated/α-hetero) is 1. The summed E-state index contributed by atoms with van der Waals surface area (Å²) in [5, 5.41) is 2.57. The molecule has 0 radical (unpaired) electrons. The highest BCUT2D eigenvalue weighted by Crippen LogP contribution is 2.19. The van der Waals surface area contributed by atoms with E-state index in [4.69, 9.17) is 0 Å². The van der Waals surface area contributed by atoms with Crippen molar-refractivity contribution in [1.82, 2.24) is 5.32 Å². The molecule has 19 heavy (non-hydrogen) atoms. The minimum absolute atomic E-state index is 0.0609. The molecule has 2 aromatic carbocycles. The Morgan fingerprint density at radius 3 is 2.05 bits per heavy atom. The summed E-state index contributed by atoms with van der Waals surface area (Å²) in [4.78, 5) is 22.5. The standard InChI is InChI=1S/C16H15NO2/c1-12(18)11-17-16(19)15-9-7-14(8-10-15)13-5-3-2-4-6-13/h2-10H,11H2,1H3,(H,17,19). The van der Waals surface area contributed by atoms with Crippen LogP contribution in [0.5, 0.6) is 0 Å². The van der Waals surface area contributed by atoms with Gasteiger partial charge in [-0.15, -0.1) is 0 Å². The second-order valence-corrected chi connectivity index (χ2v) is 4.33. The molecular weight excluding hydrogens is 238 g/mol. The number of ketones is 1. The molecule has 1 N–H and O–H groups in total. The van der Waals surface area contributed by atoms with Gasteiger partial charge in [0.1, 0.15) is 5.78 Å². The molecule has 0 aliphatic carbocycles. The molecule has 0 fully saturated rings. The van der Waals surface area contributed by atoms with E-state index in [0.717, 1.165) is 11.1 Å². The van der Waals surface area contributed by atoms with Crippen LogP contribution in [0.2, 0.25) is 0 Å². The van der Waals surface area contributed by atoms with Gasteiger partial charge in [0, 0.05) is 5.56 Å². The Morgan fingerprint density at radius 1 is 0.895 bits per heavy atom. The first kappa shape index (κ1) is 13.0. The zero-order valence-electron chi connectivity index (χ0n) is 10.7. The van der Waals surface area contributed by atoms with Gasteiger partial charge in [0.15, 0.2) is 0 Å². The number of carbonyl (C=O) groups excluding carboxylic acids is 2. The van der Waals surface area contributed by atoms with Crippen molar-refractivity contribution in [1.29, 1.82) is 0 Å². The lowest BCUT2D eigenvalue weighted by molar-refractivity contribution is -0.116. The Morgan fingerprint density at radius 2 is 1.47 bits per heavy atom. The topological polar surface area (TPSA) is 46.2 Å². The van der Waals surface area contributed by atoms with Gasteiger partial charge < -0.3 is 5.32 Å². The lowest BCUT2D eigenvalue weighted by Crippen LogP contribution is -2.28. The number of nitrogens with one attached hydrogen (secondary N) is 1. The smallest absolute Gasteiger partial charge is 0.251 e. The fourth-order valence-corrected chi connectivity index (χ4v) is 1.75. The summed E-state index contributed by atoms with van der Waals surface area (Å²) in [5.74, 6) is -0.288. The van der Waals surface area contributed by atoms with Crippen LogP contribution in [0.3, 0.4) is 0 Å². The number of rotatable bonds is 4. The van der Waals surface area contributed by atoms with Gasteiger partial charge in [-0.2, -0.15) is 0 Å². The second-order valence-electron chi connectivity index (χ2n) is 4.33. The molecule has 0 saturated heterocycles. The van der Waals surface area contributed by atoms with Crippen molar-refractivity contribution in [2.45, 2.75) is 6.92 Å². The van der Waals surface area contributed by atoms with Crippen molar-refractivity contribution in [3.05, 3.63) is 60.2 Å². The van der Waals surface area contributed by atoms with Crippen LogP contribution < -0.4 is 5.32 Å². The van der Waals surface area contributed by atoms with Crippen LogP contribution in [0.25, 0.3) is 11.1 Å². The molecule has 1 amide bonds. The molecule has 96 valence electrons. The maximum atomic E-state index is 11.7. The van der Waals surface area contributed by atoms with Crippen molar-refractivity contribution < 1.29 is 9.59 Å². The number of hydrogen-bond acceptors (Lipinski definition) is 2.